The first-order valence-corrected chi connectivity index (χ1v) is 4.84. The molecule has 0 radical (unpaired) electrons. The molecule has 4 heteroatoms. The summed E-state index contributed by atoms with van der Waals surface area (Å²) in [5, 5.41) is 11.5. The molecule has 1 aromatic heterocycles. The summed E-state index contributed by atoms with van der Waals surface area (Å²) in [6.07, 6.45) is 4.21. The predicted octanol–water partition coefficient (Wildman–Crippen LogP) is 0.876. The highest BCUT2D eigenvalue weighted by Gasteiger charge is 2.22. The average molecular weight is 180 g/mol. The lowest BCUT2D eigenvalue weighted by Gasteiger charge is -2.27. The van der Waals surface area contributed by atoms with Gasteiger partial charge in [0.05, 0.1) is 6.04 Å². The Bertz CT molecular complexity index is 281. The van der Waals surface area contributed by atoms with Crippen LogP contribution in [-0.2, 0) is 7.05 Å². The van der Waals surface area contributed by atoms with Crippen LogP contribution in [0, 0.1) is 5.92 Å². The molecule has 0 saturated carbocycles. The maximum absolute atomic E-state index is 4.12. The third-order valence-electron chi connectivity index (χ3n) is 2.72. The number of nitrogens with one attached hydrogen (secondary N) is 1. The van der Waals surface area contributed by atoms with Crippen molar-refractivity contribution in [2.24, 2.45) is 13.0 Å². The van der Waals surface area contributed by atoms with Crippen LogP contribution >= 0.6 is 0 Å². The second-order valence-corrected chi connectivity index (χ2v) is 3.94. The van der Waals surface area contributed by atoms with Gasteiger partial charge in [0, 0.05) is 7.05 Å². The van der Waals surface area contributed by atoms with E-state index in [1.807, 2.05) is 11.6 Å². The van der Waals surface area contributed by atoms with E-state index in [0.717, 1.165) is 18.3 Å². The van der Waals surface area contributed by atoms with Gasteiger partial charge >= 0.3 is 0 Å². The lowest BCUT2D eigenvalue weighted by Crippen LogP contribution is -2.32. The summed E-state index contributed by atoms with van der Waals surface area (Å²) in [5.74, 6) is 1.86. The van der Waals surface area contributed by atoms with Crippen LogP contribution in [0.25, 0.3) is 0 Å². The van der Waals surface area contributed by atoms with E-state index in [2.05, 4.69) is 22.4 Å². The fourth-order valence-corrected chi connectivity index (χ4v) is 1.91. The van der Waals surface area contributed by atoms with Crippen molar-refractivity contribution in [3.8, 4) is 0 Å². The third kappa shape index (κ3) is 1.72. The fraction of sp³-hybridized carbons (Fsp3) is 0.778. The smallest absolute Gasteiger partial charge is 0.149 e. The first-order valence-electron chi connectivity index (χ1n) is 4.84. The van der Waals surface area contributed by atoms with Crippen LogP contribution in [0.15, 0.2) is 6.33 Å². The van der Waals surface area contributed by atoms with Gasteiger partial charge in [-0.25, -0.2) is 0 Å². The summed E-state index contributed by atoms with van der Waals surface area (Å²) < 4.78 is 2.00. The second-order valence-electron chi connectivity index (χ2n) is 3.94. The van der Waals surface area contributed by atoms with Crippen molar-refractivity contribution in [2.45, 2.75) is 25.8 Å². The summed E-state index contributed by atoms with van der Waals surface area (Å²) in [7, 11) is 2.00. The number of nitrogens with zero attached hydrogens (tertiary/aromatic N) is 3. The van der Waals surface area contributed by atoms with Gasteiger partial charge < -0.3 is 9.88 Å². The van der Waals surface area contributed by atoms with Crippen LogP contribution in [0.2, 0.25) is 0 Å². The molecule has 0 aromatic carbocycles. The van der Waals surface area contributed by atoms with Gasteiger partial charge in [-0.1, -0.05) is 6.92 Å². The van der Waals surface area contributed by atoms with Gasteiger partial charge in [-0.2, -0.15) is 0 Å². The Morgan fingerprint density at radius 3 is 3.08 bits per heavy atom. The van der Waals surface area contributed by atoms with Crippen LogP contribution < -0.4 is 5.32 Å². The largest absolute Gasteiger partial charge is 0.319 e. The maximum atomic E-state index is 4.12. The van der Waals surface area contributed by atoms with Gasteiger partial charge in [0.25, 0.3) is 0 Å². The maximum Gasteiger partial charge on any atom is 0.149 e. The minimum atomic E-state index is 0.399. The Morgan fingerprint density at radius 1 is 1.62 bits per heavy atom. The molecule has 0 amide bonds. The normalized spacial score (nSPS) is 29.1. The molecule has 2 atom stereocenters. The van der Waals surface area contributed by atoms with Crippen molar-refractivity contribution in [2.75, 3.05) is 6.54 Å². The Morgan fingerprint density at radius 2 is 2.46 bits per heavy atom. The zero-order valence-corrected chi connectivity index (χ0v) is 8.20. The number of rotatable bonds is 1. The van der Waals surface area contributed by atoms with E-state index in [0.29, 0.717) is 6.04 Å². The molecule has 0 spiro atoms. The first-order chi connectivity index (χ1) is 6.27. The number of hydrogen-bond acceptors (Lipinski definition) is 3. The van der Waals surface area contributed by atoms with Gasteiger partial charge in [-0.3, -0.25) is 0 Å². The zero-order valence-electron chi connectivity index (χ0n) is 8.20. The Kier molecular flexibility index (Phi) is 2.31. The van der Waals surface area contributed by atoms with Gasteiger partial charge in [0.2, 0.25) is 0 Å². The zero-order chi connectivity index (χ0) is 9.26. The van der Waals surface area contributed by atoms with Gasteiger partial charge in [-0.05, 0) is 25.3 Å². The molecule has 1 aliphatic heterocycles. The standard InChI is InChI=1S/C9H16N4/c1-7-3-4-10-8(5-7)9-12-11-6-13(9)2/h6-8,10H,3-5H2,1-2H3. The van der Waals surface area contributed by atoms with Crippen LogP contribution in [0.4, 0.5) is 0 Å². The van der Waals surface area contributed by atoms with Crippen LogP contribution in [-0.4, -0.2) is 21.3 Å². The van der Waals surface area contributed by atoms with Crippen molar-refractivity contribution < 1.29 is 0 Å². The van der Waals surface area contributed by atoms with E-state index in [-0.39, 0.29) is 0 Å². The van der Waals surface area contributed by atoms with Crippen LogP contribution in [0.5, 0.6) is 0 Å². The van der Waals surface area contributed by atoms with Gasteiger partial charge in [-0.15, -0.1) is 10.2 Å². The minimum Gasteiger partial charge on any atom is -0.319 e. The van der Waals surface area contributed by atoms with Crippen molar-refractivity contribution >= 4 is 0 Å². The highest BCUT2D eigenvalue weighted by molar-refractivity contribution is 4.96. The van der Waals surface area contributed by atoms with Crippen LogP contribution in [0.1, 0.15) is 31.6 Å². The molecule has 2 rings (SSSR count). The molecule has 2 heterocycles. The summed E-state index contributed by atoms with van der Waals surface area (Å²) in [6, 6.07) is 0.399. The third-order valence-corrected chi connectivity index (χ3v) is 2.72. The SMILES string of the molecule is CC1CCNC(c2nncn2C)C1. The van der Waals surface area contributed by atoms with Crippen molar-refractivity contribution in [3.63, 3.8) is 0 Å². The number of aromatic nitrogens is 3. The molecule has 1 saturated heterocycles. The summed E-state index contributed by atoms with van der Waals surface area (Å²) in [4.78, 5) is 0. The highest BCUT2D eigenvalue weighted by atomic mass is 15.3. The predicted molar refractivity (Wildman–Crippen MR) is 50.1 cm³/mol. The molecule has 13 heavy (non-hydrogen) atoms. The molecule has 72 valence electrons. The Hall–Kier alpha value is -0.900. The quantitative estimate of drug-likeness (QED) is 0.697. The lowest BCUT2D eigenvalue weighted by molar-refractivity contribution is 0.311. The molecule has 1 aliphatic rings. The van der Waals surface area contributed by atoms with Gasteiger partial charge in [0.15, 0.2) is 0 Å². The second kappa shape index (κ2) is 3.46. The Balaban J connectivity index is 2.12. The molecule has 0 bridgehead atoms. The molecule has 1 aromatic rings. The first kappa shape index (κ1) is 8.69. The number of piperidine rings is 1. The van der Waals surface area contributed by atoms with Gasteiger partial charge in [0.1, 0.15) is 12.2 Å². The lowest BCUT2D eigenvalue weighted by atomic mass is 9.94. The molecule has 0 aliphatic carbocycles. The number of hydrogen-bond donors (Lipinski definition) is 1. The summed E-state index contributed by atoms with van der Waals surface area (Å²) in [6.45, 7) is 3.39. The fourth-order valence-electron chi connectivity index (χ4n) is 1.91. The molecule has 2 unspecified atom stereocenters. The average Bonchev–Trinajstić information content (AvgIpc) is 2.51. The monoisotopic (exact) mass is 180 g/mol. The van der Waals surface area contributed by atoms with E-state index < -0.39 is 0 Å². The molecule has 4 nitrogen and oxygen atoms in total. The molecule has 1 fully saturated rings. The minimum absolute atomic E-state index is 0.399. The summed E-state index contributed by atoms with van der Waals surface area (Å²) >= 11 is 0. The molecule has 1 N–H and O–H groups in total. The Labute approximate surface area is 78.4 Å². The van der Waals surface area contributed by atoms with Crippen molar-refractivity contribution in [1.29, 1.82) is 0 Å². The van der Waals surface area contributed by atoms with Crippen molar-refractivity contribution in [1.82, 2.24) is 20.1 Å². The van der Waals surface area contributed by atoms with E-state index in [4.69, 9.17) is 0 Å². The highest BCUT2D eigenvalue weighted by Crippen LogP contribution is 2.24. The van der Waals surface area contributed by atoms with Crippen LogP contribution in [0.3, 0.4) is 0 Å². The molecular formula is C9H16N4. The summed E-state index contributed by atoms with van der Waals surface area (Å²) in [5.41, 5.74) is 0. The van der Waals surface area contributed by atoms with E-state index >= 15 is 0 Å². The van der Waals surface area contributed by atoms with E-state index in [1.54, 1.807) is 6.33 Å². The topological polar surface area (TPSA) is 42.7 Å². The van der Waals surface area contributed by atoms with E-state index in [1.165, 1.54) is 12.8 Å². The van der Waals surface area contributed by atoms with Crippen molar-refractivity contribution in [3.05, 3.63) is 12.2 Å². The number of aryl methyl sites for hydroxylation is 1. The molecular weight excluding hydrogens is 164 g/mol. The van der Waals surface area contributed by atoms with E-state index in [9.17, 15) is 0 Å².